The molecular formula is C13H22N4O. The maximum absolute atomic E-state index is 5.86. The fourth-order valence-corrected chi connectivity index (χ4v) is 2.19. The lowest BCUT2D eigenvalue weighted by molar-refractivity contribution is -0.0443. The summed E-state index contributed by atoms with van der Waals surface area (Å²) in [7, 11) is 3.99. The first-order valence-electron chi connectivity index (χ1n) is 6.43. The second-order valence-electron chi connectivity index (χ2n) is 5.17. The van der Waals surface area contributed by atoms with Crippen molar-refractivity contribution in [3.05, 3.63) is 12.4 Å². The van der Waals surface area contributed by atoms with Crippen LogP contribution in [0.1, 0.15) is 20.3 Å². The van der Waals surface area contributed by atoms with Crippen LogP contribution in [0.15, 0.2) is 12.4 Å². The maximum atomic E-state index is 5.86. The van der Waals surface area contributed by atoms with Gasteiger partial charge in [0.15, 0.2) is 11.6 Å². The Morgan fingerprint density at radius 2 is 2.11 bits per heavy atom. The molecule has 1 aromatic heterocycles. The Bertz CT molecular complexity index is 410. The van der Waals surface area contributed by atoms with Crippen LogP contribution in [0.25, 0.3) is 0 Å². The van der Waals surface area contributed by atoms with Gasteiger partial charge in [-0.3, -0.25) is 0 Å². The molecule has 1 atom stereocenters. The Morgan fingerprint density at radius 3 is 2.78 bits per heavy atom. The first-order valence-corrected chi connectivity index (χ1v) is 6.43. The molecule has 0 N–H and O–H groups in total. The fourth-order valence-electron chi connectivity index (χ4n) is 2.19. The third-order valence-electron chi connectivity index (χ3n) is 3.47. The molecular weight excluding hydrogens is 228 g/mol. The van der Waals surface area contributed by atoms with Crippen molar-refractivity contribution < 1.29 is 4.74 Å². The number of ether oxygens (including phenoxy) is 1. The fraction of sp³-hybridized carbons (Fsp3) is 0.692. The van der Waals surface area contributed by atoms with Crippen LogP contribution in [-0.4, -0.2) is 49.4 Å². The van der Waals surface area contributed by atoms with E-state index in [-0.39, 0.29) is 5.60 Å². The molecule has 2 rings (SSSR count). The van der Waals surface area contributed by atoms with Gasteiger partial charge in [-0.05, 0) is 13.3 Å². The smallest absolute Gasteiger partial charge is 0.172 e. The van der Waals surface area contributed by atoms with Gasteiger partial charge in [0.2, 0.25) is 0 Å². The van der Waals surface area contributed by atoms with Crippen molar-refractivity contribution in [3.63, 3.8) is 0 Å². The van der Waals surface area contributed by atoms with E-state index in [1.807, 2.05) is 19.0 Å². The van der Waals surface area contributed by atoms with E-state index in [1.165, 1.54) is 0 Å². The summed E-state index contributed by atoms with van der Waals surface area (Å²) in [6.45, 7) is 6.80. The van der Waals surface area contributed by atoms with Gasteiger partial charge in [-0.1, -0.05) is 6.92 Å². The molecule has 0 bridgehead atoms. The second-order valence-corrected chi connectivity index (χ2v) is 5.17. The summed E-state index contributed by atoms with van der Waals surface area (Å²) in [5.41, 5.74) is -0.0840. The third-order valence-corrected chi connectivity index (χ3v) is 3.47. The molecule has 18 heavy (non-hydrogen) atoms. The molecule has 1 aromatic rings. The van der Waals surface area contributed by atoms with Crippen LogP contribution in [0.2, 0.25) is 0 Å². The van der Waals surface area contributed by atoms with Gasteiger partial charge in [-0.2, -0.15) is 0 Å². The van der Waals surface area contributed by atoms with Gasteiger partial charge in [0.1, 0.15) is 0 Å². The quantitative estimate of drug-likeness (QED) is 0.814. The summed E-state index contributed by atoms with van der Waals surface area (Å²) >= 11 is 0. The zero-order chi connectivity index (χ0) is 13.2. The first kappa shape index (κ1) is 13.1. The lowest BCUT2D eigenvalue weighted by atomic mass is 10.0. The molecule has 1 aliphatic rings. The molecule has 0 saturated carbocycles. The predicted octanol–water partition coefficient (Wildman–Crippen LogP) is 1.55. The zero-order valence-corrected chi connectivity index (χ0v) is 11.7. The lowest BCUT2D eigenvalue weighted by Crippen LogP contribution is -2.50. The molecule has 0 aromatic carbocycles. The van der Waals surface area contributed by atoms with Gasteiger partial charge in [-0.25, -0.2) is 9.97 Å². The Hall–Kier alpha value is -1.36. The Kier molecular flexibility index (Phi) is 3.71. The zero-order valence-electron chi connectivity index (χ0n) is 11.7. The van der Waals surface area contributed by atoms with Crippen molar-refractivity contribution in [1.29, 1.82) is 0 Å². The second kappa shape index (κ2) is 5.10. The first-order chi connectivity index (χ1) is 8.56. The molecule has 1 saturated heterocycles. The van der Waals surface area contributed by atoms with Gasteiger partial charge in [0.05, 0.1) is 12.2 Å². The molecule has 5 heteroatoms. The minimum absolute atomic E-state index is 0.0840. The number of rotatable bonds is 3. The minimum atomic E-state index is -0.0840. The predicted molar refractivity (Wildman–Crippen MR) is 73.2 cm³/mol. The Balaban J connectivity index is 2.26. The molecule has 1 fully saturated rings. The van der Waals surface area contributed by atoms with Crippen molar-refractivity contribution in [2.24, 2.45) is 0 Å². The van der Waals surface area contributed by atoms with E-state index in [4.69, 9.17) is 4.74 Å². The lowest BCUT2D eigenvalue weighted by Gasteiger charge is -2.41. The third kappa shape index (κ3) is 2.56. The number of morpholine rings is 1. The highest BCUT2D eigenvalue weighted by Gasteiger charge is 2.32. The average molecular weight is 250 g/mol. The van der Waals surface area contributed by atoms with Crippen LogP contribution in [0.5, 0.6) is 0 Å². The van der Waals surface area contributed by atoms with Gasteiger partial charge >= 0.3 is 0 Å². The number of hydrogen-bond donors (Lipinski definition) is 0. The van der Waals surface area contributed by atoms with Crippen molar-refractivity contribution in [2.45, 2.75) is 25.9 Å². The monoisotopic (exact) mass is 250 g/mol. The van der Waals surface area contributed by atoms with Crippen LogP contribution in [0.4, 0.5) is 11.6 Å². The molecule has 2 heterocycles. The van der Waals surface area contributed by atoms with E-state index in [0.29, 0.717) is 0 Å². The molecule has 0 spiro atoms. The van der Waals surface area contributed by atoms with E-state index >= 15 is 0 Å². The molecule has 0 amide bonds. The van der Waals surface area contributed by atoms with Crippen LogP contribution in [-0.2, 0) is 4.74 Å². The number of nitrogens with zero attached hydrogens (tertiary/aromatic N) is 4. The van der Waals surface area contributed by atoms with E-state index in [1.54, 1.807) is 12.4 Å². The molecule has 100 valence electrons. The van der Waals surface area contributed by atoms with Gasteiger partial charge in [0.25, 0.3) is 0 Å². The molecule has 0 radical (unpaired) electrons. The normalized spacial score (nSPS) is 24.1. The van der Waals surface area contributed by atoms with E-state index in [2.05, 4.69) is 28.7 Å². The summed E-state index contributed by atoms with van der Waals surface area (Å²) in [6, 6.07) is 0. The summed E-state index contributed by atoms with van der Waals surface area (Å²) < 4.78 is 5.86. The van der Waals surface area contributed by atoms with E-state index in [0.717, 1.165) is 37.8 Å². The van der Waals surface area contributed by atoms with Gasteiger partial charge < -0.3 is 14.5 Å². The average Bonchev–Trinajstić information content (AvgIpc) is 2.39. The Morgan fingerprint density at radius 1 is 1.39 bits per heavy atom. The topological polar surface area (TPSA) is 41.5 Å². The molecule has 1 unspecified atom stereocenters. The van der Waals surface area contributed by atoms with Gasteiger partial charge in [-0.15, -0.1) is 0 Å². The van der Waals surface area contributed by atoms with E-state index in [9.17, 15) is 0 Å². The summed E-state index contributed by atoms with van der Waals surface area (Å²) in [6.07, 6.45) is 4.49. The van der Waals surface area contributed by atoms with Crippen molar-refractivity contribution in [1.82, 2.24) is 9.97 Å². The highest BCUT2D eigenvalue weighted by Crippen LogP contribution is 2.28. The largest absolute Gasteiger partial charge is 0.372 e. The van der Waals surface area contributed by atoms with Crippen LogP contribution < -0.4 is 9.80 Å². The number of aromatic nitrogens is 2. The summed E-state index contributed by atoms with van der Waals surface area (Å²) in [5.74, 6) is 1.86. The Labute approximate surface area is 109 Å². The number of hydrogen-bond acceptors (Lipinski definition) is 5. The van der Waals surface area contributed by atoms with Gasteiger partial charge in [0, 0.05) is 39.6 Å². The maximum Gasteiger partial charge on any atom is 0.172 e. The summed E-state index contributed by atoms with van der Waals surface area (Å²) in [4.78, 5) is 13.2. The molecule has 5 nitrogen and oxygen atoms in total. The van der Waals surface area contributed by atoms with Crippen molar-refractivity contribution >= 4 is 11.6 Å². The minimum Gasteiger partial charge on any atom is -0.372 e. The van der Waals surface area contributed by atoms with Crippen LogP contribution in [0, 0.1) is 0 Å². The highest BCUT2D eigenvalue weighted by atomic mass is 16.5. The summed E-state index contributed by atoms with van der Waals surface area (Å²) in [5, 5.41) is 0. The number of anilines is 2. The molecule has 1 aliphatic heterocycles. The molecule has 0 aliphatic carbocycles. The van der Waals surface area contributed by atoms with Crippen LogP contribution in [0.3, 0.4) is 0 Å². The van der Waals surface area contributed by atoms with Crippen LogP contribution >= 0.6 is 0 Å². The standard InChI is InChI=1S/C13H22N4O/c1-5-13(2)10-17(8-9-18-13)12-11(16(3)4)14-6-7-15-12/h6-7H,5,8-10H2,1-4H3. The van der Waals surface area contributed by atoms with Crippen molar-refractivity contribution in [3.8, 4) is 0 Å². The van der Waals surface area contributed by atoms with E-state index < -0.39 is 0 Å². The highest BCUT2D eigenvalue weighted by molar-refractivity contribution is 5.61. The van der Waals surface area contributed by atoms with Crippen molar-refractivity contribution in [2.75, 3.05) is 43.6 Å². The SMILES string of the molecule is CCC1(C)CN(c2nccnc2N(C)C)CCO1.